The standard InChI is InChI=1S/C15H21NO2/c1-12-5-4-9-16-15(12)11-13(17)7-8-14-6-2-3-10-18-14/h4-5,9,14H,2-3,6-8,10-11H2,1H3. The molecule has 1 saturated heterocycles. The Morgan fingerprint density at radius 3 is 3.11 bits per heavy atom. The minimum atomic E-state index is 0.269. The first-order chi connectivity index (χ1) is 8.75. The summed E-state index contributed by atoms with van der Waals surface area (Å²) < 4.78 is 5.63. The first kappa shape index (κ1) is 13.2. The van der Waals surface area contributed by atoms with E-state index in [-0.39, 0.29) is 5.78 Å². The van der Waals surface area contributed by atoms with E-state index in [1.165, 1.54) is 6.42 Å². The largest absolute Gasteiger partial charge is 0.378 e. The molecule has 0 radical (unpaired) electrons. The molecule has 0 spiro atoms. The van der Waals surface area contributed by atoms with Gasteiger partial charge in [-0.2, -0.15) is 0 Å². The van der Waals surface area contributed by atoms with Gasteiger partial charge >= 0.3 is 0 Å². The van der Waals surface area contributed by atoms with Crippen LogP contribution in [0.2, 0.25) is 0 Å². The lowest BCUT2D eigenvalue weighted by molar-refractivity contribution is -0.119. The van der Waals surface area contributed by atoms with Crippen molar-refractivity contribution in [2.24, 2.45) is 0 Å². The van der Waals surface area contributed by atoms with Crippen molar-refractivity contribution in [2.45, 2.75) is 51.6 Å². The van der Waals surface area contributed by atoms with Crippen LogP contribution < -0.4 is 0 Å². The maximum atomic E-state index is 11.9. The summed E-state index contributed by atoms with van der Waals surface area (Å²) in [5.41, 5.74) is 2.01. The molecular weight excluding hydrogens is 226 g/mol. The number of rotatable bonds is 5. The minimum absolute atomic E-state index is 0.269. The van der Waals surface area contributed by atoms with Crippen LogP contribution in [0.15, 0.2) is 18.3 Å². The average molecular weight is 247 g/mol. The molecule has 2 rings (SSSR count). The Morgan fingerprint density at radius 1 is 1.50 bits per heavy atom. The molecule has 98 valence electrons. The highest BCUT2D eigenvalue weighted by atomic mass is 16.5. The van der Waals surface area contributed by atoms with Gasteiger partial charge in [0.25, 0.3) is 0 Å². The highest BCUT2D eigenvalue weighted by molar-refractivity contribution is 5.80. The number of ketones is 1. The van der Waals surface area contributed by atoms with Gasteiger partial charge in [0.1, 0.15) is 5.78 Å². The number of carbonyl (C=O) groups excluding carboxylic acids is 1. The summed E-state index contributed by atoms with van der Waals surface area (Å²) in [6.45, 7) is 2.86. The van der Waals surface area contributed by atoms with Gasteiger partial charge in [0, 0.05) is 25.6 Å². The van der Waals surface area contributed by atoms with Crippen molar-refractivity contribution in [3.05, 3.63) is 29.6 Å². The van der Waals surface area contributed by atoms with Gasteiger partial charge in [-0.15, -0.1) is 0 Å². The fourth-order valence-corrected chi connectivity index (χ4v) is 2.34. The number of nitrogens with zero attached hydrogens (tertiary/aromatic N) is 1. The lowest BCUT2D eigenvalue weighted by Gasteiger charge is -2.22. The maximum absolute atomic E-state index is 11.9. The highest BCUT2D eigenvalue weighted by Gasteiger charge is 2.15. The zero-order chi connectivity index (χ0) is 12.8. The third-order valence-corrected chi connectivity index (χ3v) is 3.50. The van der Waals surface area contributed by atoms with Crippen LogP contribution in [-0.2, 0) is 16.0 Å². The topological polar surface area (TPSA) is 39.2 Å². The fraction of sp³-hybridized carbons (Fsp3) is 0.600. The number of aromatic nitrogens is 1. The van der Waals surface area contributed by atoms with Gasteiger partial charge < -0.3 is 4.74 Å². The Balaban J connectivity index is 1.76. The molecule has 1 aliphatic rings. The van der Waals surface area contributed by atoms with Gasteiger partial charge in [0.15, 0.2) is 0 Å². The van der Waals surface area contributed by atoms with E-state index < -0.39 is 0 Å². The molecule has 0 bridgehead atoms. The maximum Gasteiger partial charge on any atom is 0.138 e. The molecule has 1 aromatic heterocycles. The molecule has 1 aliphatic heterocycles. The van der Waals surface area contributed by atoms with Crippen molar-refractivity contribution in [1.29, 1.82) is 0 Å². The van der Waals surface area contributed by atoms with Crippen LogP contribution in [0.4, 0.5) is 0 Å². The van der Waals surface area contributed by atoms with Gasteiger partial charge in [-0.3, -0.25) is 9.78 Å². The van der Waals surface area contributed by atoms with Crippen molar-refractivity contribution in [3.8, 4) is 0 Å². The lowest BCUT2D eigenvalue weighted by atomic mass is 10.0. The second-order valence-corrected chi connectivity index (χ2v) is 5.01. The molecule has 2 heterocycles. The Hall–Kier alpha value is -1.22. The van der Waals surface area contributed by atoms with Crippen molar-refractivity contribution < 1.29 is 9.53 Å². The van der Waals surface area contributed by atoms with Crippen molar-refractivity contribution in [3.63, 3.8) is 0 Å². The molecule has 0 aromatic carbocycles. The van der Waals surface area contributed by atoms with E-state index >= 15 is 0 Å². The SMILES string of the molecule is Cc1cccnc1CC(=O)CCC1CCCCO1. The van der Waals surface area contributed by atoms with Gasteiger partial charge in [-0.25, -0.2) is 0 Å². The van der Waals surface area contributed by atoms with Crippen molar-refractivity contribution >= 4 is 5.78 Å². The Kier molecular flexibility index (Phi) is 4.88. The smallest absolute Gasteiger partial charge is 0.138 e. The zero-order valence-corrected chi connectivity index (χ0v) is 11.0. The van der Waals surface area contributed by atoms with E-state index in [1.54, 1.807) is 6.20 Å². The molecule has 1 aromatic rings. The summed E-state index contributed by atoms with van der Waals surface area (Å²) in [6.07, 6.45) is 7.49. The van der Waals surface area contributed by atoms with Crippen LogP contribution in [0.1, 0.15) is 43.4 Å². The van der Waals surface area contributed by atoms with E-state index in [1.807, 2.05) is 19.1 Å². The van der Waals surface area contributed by atoms with Crippen molar-refractivity contribution in [2.75, 3.05) is 6.61 Å². The molecular formula is C15H21NO2. The first-order valence-corrected chi connectivity index (χ1v) is 6.79. The predicted octanol–water partition coefficient (Wildman–Crippen LogP) is 2.85. The van der Waals surface area contributed by atoms with Gasteiger partial charge in [0.2, 0.25) is 0 Å². The summed E-state index contributed by atoms with van der Waals surface area (Å²) in [6, 6.07) is 3.90. The van der Waals surface area contributed by atoms with E-state index in [0.717, 1.165) is 37.1 Å². The number of ether oxygens (including phenoxy) is 1. The van der Waals surface area contributed by atoms with E-state index in [4.69, 9.17) is 4.74 Å². The molecule has 0 saturated carbocycles. The number of carbonyl (C=O) groups is 1. The van der Waals surface area contributed by atoms with Crippen LogP contribution in [0.5, 0.6) is 0 Å². The van der Waals surface area contributed by atoms with Crippen LogP contribution in [0.3, 0.4) is 0 Å². The number of Topliss-reactive ketones (excluding diaryl/α,β-unsaturated/α-hetero) is 1. The Labute approximate surface area is 109 Å². The number of hydrogen-bond acceptors (Lipinski definition) is 3. The summed E-state index contributed by atoms with van der Waals surface area (Å²) in [5.74, 6) is 0.269. The third kappa shape index (κ3) is 3.91. The Morgan fingerprint density at radius 2 is 2.39 bits per heavy atom. The highest BCUT2D eigenvalue weighted by Crippen LogP contribution is 2.17. The molecule has 0 N–H and O–H groups in total. The summed E-state index contributed by atoms with van der Waals surface area (Å²) in [7, 11) is 0. The Bertz CT molecular complexity index is 397. The second kappa shape index (κ2) is 6.64. The second-order valence-electron chi connectivity index (χ2n) is 5.01. The quantitative estimate of drug-likeness (QED) is 0.803. The number of aryl methyl sites for hydroxylation is 1. The summed E-state index contributed by atoms with van der Waals surface area (Å²) in [5, 5.41) is 0. The predicted molar refractivity (Wildman–Crippen MR) is 70.5 cm³/mol. The zero-order valence-electron chi connectivity index (χ0n) is 11.0. The van der Waals surface area contributed by atoms with Crippen LogP contribution in [-0.4, -0.2) is 23.5 Å². The van der Waals surface area contributed by atoms with E-state index in [0.29, 0.717) is 18.9 Å². The van der Waals surface area contributed by atoms with Gasteiger partial charge in [-0.1, -0.05) is 6.07 Å². The van der Waals surface area contributed by atoms with Gasteiger partial charge in [0.05, 0.1) is 11.8 Å². The molecule has 3 nitrogen and oxygen atoms in total. The molecule has 1 atom stereocenters. The van der Waals surface area contributed by atoms with Crippen molar-refractivity contribution in [1.82, 2.24) is 4.98 Å². The minimum Gasteiger partial charge on any atom is -0.378 e. The molecule has 1 unspecified atom stereocenters. The lowest BCUT2D eigenvalue weighted by Crippen LogP contribution is -2.20. The third-order valence-electron chi connectivity index (χ3n) is 3.50. The number of hydrogen-bond donors (Lipinski definition) is 0. The summed E-state index contributed by atoms with van der Waals surface area (Å²) >= 11 is 0. The van der Waals surface area contributed by atoms with Gasteiger partial charge in [-0.05, 0) is 44.2 Å². The van der Waals surface area contributed by atoms with Crippen LogP contribution in [0, 0.1) is 6.92 Å². The fourth-order valence-electron chi connectivity index (χ4n) is 2.34. The molecule has 0 aliphatic carbocycles. The van der Waals surface area contributed by atoms with Crippen LogP contribution in [0.25, 0.3) is 0 Å². The molecule has 3 heteroatoms. The monoisotopic (exact) mass is 247 g/mol. The molecule has 1 fully saturated rings. The molecule has 18 heavy (non-hydrogen) atoms. The van der Waals surface area contributed by atoms with Crippen LogP contribution >= 0.6 is 0 Å². The number of pyridine rings is 1. The normalized spacial score (nSPS) is 19.7. The molecule has 0 amide bonds. The first-order valence-electron chi connectivity index (χ1n) is 6.79. The van der Waals surface area contributed by atoms with E-state index in [2.05, 4.69) is 4.98 Å². The average Bonchev–Trinajstić information content (AvgIpc) is 2.40. The summed E-state index contributed by atoms with van der Waals surface area (Å²) in [4.78, 5) is 16.2. The van der Waals surface area contributed by atoms with E-state index in [9.17, 15) is 4.79 Å².